The number of benzene rings is 1. The summed E-state index contributed by atoms with van der Waals surface area (Å²) in [5.41, 5.74) is 7.20. The summed E-state index contributed by atoms with van der Waals surface area (Å²) >= 11 is 6.04. The summed E-state index contributed by atoms with van der Waals surface area (Å²) < 4.78 is 13.6. The van der Waals surface area contributed by atoms with Crippen LogP contribution >= 0.6 is 11.6 Å². The molecule has 3 heteroatoms. The Hall–Kier alpha value is -0.600. The van der Waals surface area contributed by atoms with E-state index in [0.717, 1.165) is 24.8 Å². The molecule has 1 aromatic rings. The number of nitrogens with two attached hydrogens (primary N) is 1. The molecule has 0 unspecified atom stereocenters. The molecule has 1 aliphatic carbocycles. The van der Waals surface area contributed by atoms with Gasteiger partial charge in [0.05, 0.1) is 5.02 Å². The predicted octanol–water partition coefficient (Wildman–Crippen LogP) is 3.17. The minimum Gasteiger partial charge on any atom is -0.330 e. The van der Waals surface area contributed by atoms with Crippen LogP contribution in [0, 0.1) is 12.7 Å². The van der Waals surface area contributed by atoms with E-state index in [1.165, 1.54) is 0 Å². The summed E-state index contributed by atoms with van der Waals surface area (Å²) in [6, 6.07) is 3.71. The zero-order chi connectivity index (χ0) is 11.1. The van der Waals surface area contributed by atoms with Crippen LogP contribution in [-0.2, 0) is 5.41 Å². The average Bonchev–Trinajstić information content (AvgIpc) is 2.17. The predicted molar refractivity (Wildman–Crippen MR) is 60.7 cm³/mol. The lowest BCUT2D eigenvalue weighted by molar-refractivity contribution is 0.252. The molecule has 1 aliphatic rings. The Morgan fingerprint density at radius 1 is 1.47 bits per heavy atom. The van der Waals surface area contributed by atoms with Gasteiger partial charge in [0.15, 0.2) is 0 Å². The molecule has 0 radical (unpaired) electrons. The van der Waals surface area contributed by atoms with E-state index in [2.05, 4.69) is 0 Å². The zero-order valence-electron chi connectivity index (χ0n) is 8.82. The molecule has 0 bridgehead atoms. The van der Waals surface area contributed by atoms with Gasteiger partial charge in [0.25, 0.3) is 0 Å². The number of hydrogen-bond acceptors (Lipinski definition) is 1. The van der Waals surface area contributed by atoms with Crippen LogP contribution in [0.25, 0.3) is 0 Å². The van der Waals surface area contributed by atoms with Crippen LogP contribution in [0.4, 0.5) is 4.39 Å². The smallest absolute Gasteiger partial charge is 0.144 e. The van der Waals surface area contributed by atoms with E-state index in [1.807, 2.05) is 6.07 Å². The summed E-state index contributed by atoms with van der Waals surface area (Å²) in [5.74, 6) is -0.297. The number of rotatable bonds is 2. The maximum absolute atomic E-state index is 13.6. The van der Waals surface area contributed by atoms with Gasteiger partial charge in [-0.15, -0.1) is 0 Å². The molecule has 1 aromatic carbocycles. The first-order valence-corrected chi connectivity index (χ1v) is 5.64. The van der Waals surface area contributed by atoms with Crippen molar-refractivity contribution in [2.24, 2.45) is 5.73 Å². The Kier molecular flexibility index (Phi) is 2.73. The van der Waals surface area contributed by atoms with Gasteiger partial charge in [0.2, 0.25) is 0 Å². The molecule has 0 spiro atoms. The first kappa shape index (κ1) is 10.9. The summed E-state index contributed by atoms with van der Waals surface area (Å²) in [6.07, 6.45) is 3.19. The van der Waals surface area contributed by atoms with Gasteiger partial charge >= 0.3 is 0 Å². The van der Waals surface area contributed by atoms with E-state index in [4.69, 9.17) is 17.3 Å². The van der Waals surface area contributed by atoms with Crippen LogP contribution in [-0.4, -0.2) is 6.54 Å². The SMILES string of the molecule is Cc1ccc(C2(CN)CCC2)c(Cl)c1F. The Bertz CT molecular complexity index is 380. The van der Waals surface area contributed by atoms with Gasteiger partial charge in [0, 0.05) is 12.0 Å². The highest BCUT2D eigenvalue weighted by atomic mass is 35.5. The second kappa shape index (κ2) is 3.76. The average molecular weight is 228 g/mol. The van der Waals surface area contributed by atoms with Gasteiger partial charge in [-0.1, -0.05) is 30.2 Å². The number of aryl methyl sites for hydroxylation is 1. The van der Waals surface area contributed by atoms with Crippen LogP contribution in [0.5, 0.6) is 0 Å². The summed E-state index contributed by atoms with van der Waals surface area (Å²) in [5, 5.41) is 0.264. The van der Waals surface area contributed by atoms with Gasteiger partial charge in [-0.3, -0.25) is 0 Å². The first-order chi connectivity index (χ1) is 7.10. The van der Waals surface area contributed by atoms with E-state index in [1.54, 1.807) is 13.0 Å². The first-order valence-electron chi connectivity index (χ1n) is 5.26. The van der Waals surface area contributed by atoms with Crippen LogP contribution in [0.1, 0.15) is 30.4 Å². The van der Waals surface area contributed by atoms with Gasteiger partial charge in [-0.05, 0) is 30.9 Å². The molecule has 15 heavy (non-hydrogen) atoms. The molecule has 1 saturated carbocycles. The molecule has 2 rings (SSSR count). The second-order valence-electron chi connectivity index (χ2n) is 4.40. The standard InChI is InChI=1S/C12H15ClFN/c1-8-3-4-9(10(13)11(8)14)12(7-15)5-2-6-12/h3-4H,2,5-7,15H2,1H3. The Labute approximate surface area is 94.4 Å². The topological polar surface area (TPSA) is 26.0 Å². The molecule has 0 atom stereocenters. The minimum atomic E-state index is -0.297. The largest absolute Gasteiger partial charge is 0.330 e. The van der Waals surface area contributed by atoms with Crippen molar-refractivity contribution in [2.45, 2.75) is 31.6 Å². The van der Waals surface area contributed by atoms with Gasteiger partial charge in [0.1, 0.15) is 5.82 Å². The molecule has 1 nitrogen and oxygen atoms in total. The van der Waals surface area contributed by atoms with Crippen molar-refractivity contribution in [1.82, 2.24) is 0 Å². The van der Waals surface area contributed by atoms with Gasteiger partial charge in [-0.25, -0.2) is 4.39 Å². The lowest BCUT2D eigenvalue weighted by Gasteiger charge is -2.42. The summed E-state index contributed by atoms with van der Waals surface area (Å²) in [4.78, 5) is 0. The van der Waals surface area contributed by atoms with E-state index in [0.29, 0.717) is 12.1 Å². The Morgan fingerprint density at radius 2 is 2.13 bits per heavy atom. The second-order valence-corrected chi connectivity index (χ2v) is 4.77. The van der Waals surface area contributed by atoms with Crippen LogP contribution < -0.4 is 5.73 Å². The summed E-state index contributed by atoms with van der Waals surface area (Å²) in [7, 11) is 0. The van der Waals surface area contributed by atoms with Crippen molar-refractivity contribution in [3.05, 3.63) is 34.1 Å². The highest BCUT2D eigenvalue weighted by Crippen LogP contribution is 2.46. The molecule has 0 aliphatic heterocycles. The van der Waals surface area contributed by atoms with Crippen molar-refractivity contribution in [3.8, 4) is 0 Å². The van der Waals surface area contributed by atoms with Crippen LogP contribution in [0.2, 0.25) is 5.02 Å². The van der Waals surface area contributed by atoms with Gasteiger partial charge in [-0.2, -0.15) is 0 Å². The fourth-order valence-corrected chi connectivity index (χ4v) is 2.66. The summed E-state index contributed by atoms with van der Waals surface area (Å²) in [6.45, 7) is 2.27. The quantitative estimate of drug-likeness (QED) is 0.825. The fraction of sp³-hybridized carbons (Fsp3) is 0.500. The fourth-order valence-electron chi connectivity index (χ4n) is 2.24. The lowest BCUT2D eigenvalue weighted by atomic mass is 9.64. The maximum atomic E-state index is 13.6. The monoisotopic (exact) mass is 227 g/mol. The van der Waals surface area contributed by atoms with Crippen molar-refractivity contribution in [3.63, 3.8) is 0 Å². The Morgan fingerprint density at radius 3 is 2.60 bits per heavy atom. The molecule has 2 N–H and O–H groups in total. The van der Waals surface area contributed by atoms with Crippen molar-refractivity contribution >= 4 is 11.6 Å². The zero-order valence-corrected chi connectivity index (χ0v) is 9.57. The van der Waals surface area contributed by atoms with E-state index in [9.17, 15) is 4.39 Å². The third-order valence-corrected chi connectivity index (χ3v) is 3.92. The number of hydrogen-bond donors (Lipinski definition) is 1. The minimum absolute atomic E-state index is 0.0639. The van der Waals surface area contributed by atoms with Crippen molar-refractivity contribution in [2.75, 3.05) is 6.54 Å². The van der Waals surface area contributed by atoms with E-state index in [-0.39, 0.29) is 16.3 Å². The highest BCUT2D eigenvalue weighted by molar-refractivity contribution is 6.31. The highest BCUT2D eigenvalue weighted by Gasteiger charge is 2.39. The third-order valence-electron chi connectivity index (χ3n) is 3.55. The normalized spacial score (nSPS) is 18.7. The molecule has 0 amide bonds. The molecular weight excluding hydrogens is 213 g/mol. The molecule has 0 heterocycles. The molecule has 1 fully saturated rings. The van der Waals surface area contributed by atoms with E-state index < -0.39 is 0 Å². The van der Waals surface area contributed by atoms with E-state index >= 15 is 0 Å². The van der Waals surface area contributed by atoms with Gasteiger partial charge < -0.3 is 5.73 Å². The van der Waals surface area contributed by atoms with Crippen LogP contribution in [0.3, 0.4) is 0 Å². The molecule has 82 valence electrons. The molecular formula is C12H15ClFN. The van der Waals surface area contributed by atoms with Crippen molar-refractivity contribution < 1.29 is 4.39 Å². The Balaban J connectivity index is 2.49. The van der Waals surface area contributed by atoms with Crippen molar-refractivity contribution in [1.29, 1.82) is 0 Å². The maximum Gasteiger partial charge on any atom is 0.144 e. The third kappa shape index (κ3) is 1.56. The molecule has 0 aromatic heterocycles. The lowest BCUT2D eigenvalue weighted by Crippen LogP contribution is -2.41. The molecule has 0 saturated heterocycles. The number of halogens is 2. The van der Waals surface area contributed by atoms with Crippen LogP contribution in [0.15, 0.2) is 12.1 Å².